The highest BCUT2D eigenvalue weighted by Gasteiger charge is 2.36. The number of ketones is 1. The summed E-state index contributed by atoms with van der Waals surface area (Å²) < 4.78 is 0. The molecule has 2 atom stereocenters. The van der Waals surface area contributed by atoms with Gasteiger partial charge in [-0.1, -0.05) is 12.8 Å². The number of piperazine rings is 1. The van der Waals surface area contributed by atoms with Gasteiger partial charge in [0.25, 0.3) is 0 Å². The van der Waals surface area contributed by atoms with Gasteiger partial charge in [-0.25, -0.2) is 5.01 Å². The summed E-state index contributed by atoms with van der Waals surface area (Å²) >= 11 is 0. The van der Waals surface area contributed by atoms with E-state index in [4.69, 9.17) is 0 Å². The van der Waals surface area contributed by atoms with Crippen LogP contribution in [0.5, 0.6) is 0 Å². The monoisotopic (exact) mass is 308 g/mol. The maximum atomic E-state index is 12.7. The van der Waals surface area contributed by atoms with E-state index in [1.165, 1.54) is 5.01 Å². The van der Waals surface area contributed by atoms with Crippen LogP contribution in [0.1, 0.15) is 32.6 Å². The predicted molar refractivity (Wildman–Crippen MR) is 86.7 cm³/mol. The van der Waals surface area contributed by atoms with Crippen LogP contribution in [0.4, 0.5) is 0 Å². The molecule has 2 aliphatic rings. The minimum absolute atomic E-state index is 0.0231. The van der Waals surface area contributed by atoms with Crippen LogP contribution in [0, 0.1) is 11.8 Å². The van der Waals surface area contributed by atoms with Crippen molar-refractivity contribution in [3.8, 4) is 0 Å². The van der Waals surface area contributed by atoms with Crippen LogP contribution < -0.4 is 5.32 Å². The topological polar surface area (TPSA) is 65.0 Å². The molecule has 2 fully saturated rings. The average Bonchev–Trinajstić information content (AvgIpc) is 2.56. The van der Waals surface area contributed by atoms with Gasteiger partial charge in [-0.05, 0) is 19.8 Å². The molecule has 1 saturated heterocycles. The van der Waals surface area contributed by atoms with Gasteiger partial charge in [-0.2, -0.15) is 5.10 Å². The van der Waals surface area contributed by atoms with E-state index in [1.807, 2.05) is 0 Å². The molecule has 1 amide bonds. The third kappa shape index (κ3) is 4.36. The molecular formula is C16H28N4O2. The van der Waals surface area contributed by atoms with E-state index in [-0.39, 0.29) is 23.5 Å². The number of nitrogens with one attached hydrogen (secondary N) is 1. The Balaban J connectivity index is 1.91. The van der Waals surface area contributed by atoms with Crippen molar-refractivity contribution in [2.45, 2.75) is 32.6 Å². The molecule has 6 nitrogen and oxygen atoms in total. The Morgan fingerprint density at radius 2 is 1.86 bits per heavy atom. The van der Waals surface area contributed by atoms with Crippen LogP contribution >= 0.6 is 0 Å². The highest BCUT2D eigenvalue weighted by atomic mass is 16.2. The van der Waals surface area contributed by atoms with Gasteiger partial charge < -0.3 is 5.32 Å². The second-order valence-corrected chi connectivity index (χ2v) is 6.30. The van der Waals surface area contributed by atoms with Gasteiger partial charge in [0.15, 0.2) is 0 Å². The lowest BCUT2D eigenvalue weighted by atomic mass is 9.76. The number of hydrogen-bond donors (Lipinski definition) is 1. The third-order valence-electron chi connectivity index (χ3n) is 4.87. The van der Waals surface area contributed by atoms with Gasteiger partial charge in [-0.15, -0.1) is 0 Å². The van der Waals surface area contributed by atoms with Crippen molar-refractivity contribution < 1.29 is 9.59 Å². The maximum Gasteiger partial charge on any atom is 0.246 e. The molecule has 0 aromatic carbocycles. The second-order valence-electron chi connectivity index (χ2n) is 6.30. The lowest BCUT2D eigenvalue weighted by molar-refractivity contribution is -0.142. The fourth-order valence-corrected chi connectivity index (χ4v) is 3.53. The summed E-state index contributed by atoms with van der Waals surface area (Å²) in [5.74, 6) is -0.237. The molecule has 1 aliphatic heterocycles. The van der Waals surface area contributed by atoms with Crippen molar-refractivity contribution in [2.24, 2.45) is 16.9 Å². The van der Waals surface area contributed by atoms with Gasteiger partial charge in [0, 0.05) is 51.3 Å². The van der Waals surface area contributed by atoms with E-state index in [2.05, 4.69) is 22.0 Å². The molecule has 0 aromatic heterocycles. The second kappa shape index (κ2) is 8.39. The summed E-state index contributed by atoms with van der Waals surface area (Å²) in [5, 5.41) is 8.72. The Morgan fingerprint density at radius 3 is 2.45 bits per heavy atom. The zero-order chi connectivity index (χ0) is 15.9. The number of Topliss-reactive ketones (excluding diaryl/α,β-unsaturated/α-hetero) is 1. The number of carbonyl (C=O) groups excluding carboxylic acids is 2. The molecule has 0 aromatic rings. The zero-order valence-electron chi connectivity index (χ0n) is 13.6. The van der Waals surface area contributed by atoms with E-state index in [1.54, 1.807) is 6.92 Å². The van der Waals surface area contributed by atoms with Crippen molar-refractivity contribution in [3.63, 3.8) is 0 Å². The van der Waals surface area contributed by atoms with Gasteiger partial charge in [-0.3, -0.25) is 14.5 Å². The standard InChI is InChI=1S/C16H28N4O2/c1-13(21)14-5-3-4-6-15(14)16(22)20(17-2)12-11-19-9-7-18-8-10-19/h14-15,18H,2-12H2,1H3/t14-,15-/m1/s1. The third-order valence-corrected chi connectivity index (χ3v) is 4.87. The Bertz CT molecular complexity index is 407. The molecule has 1 heterocycles. The molecule has 22 heavy (non-hydrogen) atoms. The summed E-state index contributed by atoms with van der Waals surface area (Å²) in [7, 11) is 0. The molecule has 6 heteroatoms. The molecule has 1 N–H and O–H groups in total. The number of hydrazone groups is 1. The van der Waals surface area contributed by atoms with Crippen LogP contribution in [-0.2, 0) is 9.59 Å². The first-order chi connectivity index (χ1) is 10.6. The molecule has 0 radical (unpaired) electrons. The molecule has 1 saturated carbocycles. The SMILES string of the molecule is C=NN(CCN1CCNCC1)C(=O)[C@@H]1CCCC[C@@H]1C(C)=O. The summed E-state index contributed by atoms with van der Waals surface area (Å²) in [4.78, 5) is 26.8. The normalized spacial score (nSPS) is 26.4. The minimum atomic E-state index is -0.209. The molecule has 0 spiro atoms. The predicted octanol–water partition coefficient (Wildman–Crippen LogP) is 0.731. The number of amides is 1. The van der Waals surface area contributed by atoms with Crippen LogP contribution in [0.2, 0.25) is 0 Å². The average molecular weight is 308 g/mol. The van der Waals surface area contributed by atoms with Crippen LogP contribution in [-0.4, -0.2) is 67.6 Å². The van der Waals surface area contributed by atoms with Gasteiger partial charge in [0.1, 0.15) is 5.78 Å². The Hall–Kier alpha value is -1.27. The highest BCUT2D eigenvalue weighted by molar-refractivity contribution is 5.87. The van der Waals surface area contributed by atoms with Crippen LogP contribution in [0.3, 0.4) is 0 Å². The van der Waals surface area contributed by atoms with Crippen molar-refractivity contribution in [1.82, 2.24) is 15.2 Å². The lowest BCUT2D eigenvalue weighted by Crippen LogP contribution is -2.47. The number of hydrogen-bond acceptors (Lipinski definition) is 5. The summed E-state index contributed by atoms with van der Waals surface area (Å²) in [6, 6.07) is 0. The van der Waals surface area contributed by atoms with E-state index in [0.29, 0.717) is 6.54 Å². The van der Waals surface area contributed by atoms with Gasteiger partial charge in [0.05, 0.1) is 6.54 Å². The van der Waals surface area contributed by atoms with E-state index < -0.39 is 0 Å². The largest absolute Gasteiger partial charge is 0.314 e. The number of rotatable bonds is 6. The van der Waals surface area contributed by atoms with Crippen molar-refractivity contribution in [3.05, 3.63) is 0 Å². The number of nitrogens with zero attached hydrogens (tertiary/aromatic N) is 3. The quantitative estimate of drug-likeness (QED) is 0.580. The fraction of sp³-hybridized carbons (Fsp3) is 0.812. The summed E-state index contributed by atoms with van der Waals surface area (Å²) in [6.45, 7) is 10.5. The number of carbonyl (C=O) groups is 2. The molecular weight excluding hydrogens is 280 g/mol. The molecule has 0 bridgehead atoms. The maximum absolute atomic E-state index is 12.7. The zero-order valence-corrected chi connectivity index (χ0v) is 13.6. The molecule has 124 valence electrons. The summed E-state index contributed by atoms with van der Waals surface area (Å²) in [6.07, 6.45) is 3.68. The van der Waals surface area contributed by atoms with E-state index in [9.17, 15) is 9.59 Å². The molecule has 2 rings (SSSR count). The smallest absolute Gasteiger partial charge is 0.246 e. The lowest BCUT2D eigenvalue weighted by Gasteiger charge is -2.33. The Morgan fingerprint density at radius 1 is 1.23 bits per heavy atom. The highest BCUT2D eigenvalue weighted by Crippen LogP contribution is 2.32. The minimum Gasteiger partial charge on any atom is -0.314 e. The first-order valence-corrected chi connectivity index (χ1v) is 8.35. The Kier molecular flexibility index (Phi) is 6.51. The van der Waals surface area contributed by atoms with Crippen molar-refractivity contribution >= 4 is 18.4 Å². The first-order valence-electron chi connectivity index (χ1n) is 8.35. The van der Waals surface area contributed by atoms with Gasteiger partial charge in [0.2, 0.25) is 5.91 Å². The first kappa shape index (κ1) is 17.1. The van der Waals surface area contributed by atoms with Crippen LogP contribution in [0.25, 0.3) is 0 Å². The fourth-order valence-electron chi connectivity index (χ4n) is 3.53. The van der Waals surface area contributed by atoms with E-state index in [0.717, 1.165) is 58.4 Å². The van der Waals surface area contributed by atoms with Crippen molar-refractivity contribution in [1.29, 1.82) is 0 Å². The molecule has 0 unspecified atom stereocenters. The van der Waals surface area contributed by atoms with Gasteiger partial charge >= 0.3 is 0 Å². The summed E-state index contributed by atoms with van der Waals surface area (Å²) in [5.41, 5.74) is 0. The van der Waals surface area contributed by atoms with Crippen molar-refractivity contribution in [2.75, 3.05) is 39.3 Å². The van der Waals surface area contributed by atoms with Crippen LogP contribution in [0.15, 0.2) is 5.10 Å². The molecule has 1 aliphatic carbocycles. The van der Waals surface area contributed by atoms with E-state index >= 15 is 0 Å². The Labute approximate surface area is 132 Å².